The van der Waals surface area contributed by atoms with E-state index in [1.807, 2.05) is 6.07 Å². The van der Waals surface area contributed by atoms with Gasteiger partial charge in [-0.05, 0) is 30.3 Å². The van der Waals surface area contributed by atoms with Crippen LogP contribution in [0, 0.1) is 5.82 Å². The molecule has 0 unspecified atom stereocenters. The number of Topliss-reactive ketones (excluding diaryl/α,β-unsaturated/α-hetero) is 1. The first-order chi connectivity index (χ1) is 11.6. The summed E-state index contributed by atoms with van der Waals surface area (Å²) in [6.45, 7) is -0.512. The smallest absolute Gasteiger partial charge is 0.374 e. The molecule has 3 aromatic rings. The van der Waals surface area contributed by atoms with Gasteiger partial charge >= 0.3 is 5.97 Å². The minimum Gasteiger partial charge on any atom is -0.494 e. The third-order valence-electron chi connectivity index (χ3n) is 3.43. The van der Waals surface area contributed by atoms with Gasteiger partial charge in [0.25, 0.3) is 0 Å². The highest BCUT2D eigenvalue weighted by Gasteiger charge is 2.17. The maximum atomic E-state index is 13.6. The van der Waals surface area contributed by atoms with Crippen LogP contribution < -0.4 is 4.74 Å². The fraction of sp³-hybridized carbons (Fsp3) is 0.111. The standard InChI is InChI=1S/C18H13FO5/c1-22-16-7-6-11(8-13(16)19)14(20)10-23-18(21)17-9-12-4-2-3-5-15(12)24-17/h2-9H,10H2,1H3. The van der Waals surface area contributed by atoms with Crippen molar-refractivity contribution in [1.29, 1.82) is 0 Å². The van der Waals surface area contributed by atoms with Crippen LogP contribution in [0.25, 0.3) is 11.0 Å². The number of methoxy groups -OCH3 is 1. The number of esters is 1. The Morgan fingerprint density at radius 3 is 2.62 bits per heavy atom. The Labute approximate surface area is 136 Å². The van der Waals surface area contributed by atoms with Crippen molar-refractivity contribution in [3.05, 3.63) is 65.7 Å². The molecule has 0 spiro atoms. The van der Waals surface area contributed by atoms with Gasteiger partial charge in [-0.15, -0.1) is 0 Å². The molecule has 2 aromatic carbocycles. The number of hydrogen-bond acceptors (Lipinski definition) is 5. The highest BCUT2D eigenvalue weighted by atomic mass is 19.1. The summed E-state index contributed by atoms with van der Waals surface area (Å²) in [5.41, 5.74) is 0.638. The zero-order valence-corrected chi connectivity index (χ0v) is 12.7. The number of halogens is 1. The molecule has 0 amide bonds. The second-order valence-corrected chi connectivity index (χ2v) is 5.00. The van der Waals surface area contributed by atoms with Crippen LogP contribution in [0.1, 0.15) is 20.9 Å². The van der Waals surface area contributed by atoms with E-state index >= 15 is 0 Å². The van der Waals surface area contributed by atoms with Gasteiger partial charge in [0.2, 0.25) is 5.76 Å². The Morgan fingerprint density at radius 1 is 1.12 bits per heavy atom. The number of ketones is 1. The Kier molecular flexibility index (Phi) is 4.29. The van der Waals surface area contributed by atoms with Gasteiger partial charge in [0, 0.05) is 10.9 Å². The lowest BCUT2D eigenvalue weighted by Crippen LogP contribution is -2.14. The van der Waals surface area contributed by atoms with Crippen LogP contribution in [0.5, 0.6) is 5.75 Å². The Morgan fingerprint density at radius 2 is 1.92 bits per heavy atom. The van der Waals surface area contributed by atoms with Gasteiger partial charge in [-0.25, -0.2) is 9.18 Å². The first-order valence-corrected chi connectivity index (χ1v) is 7.11. The molecule has 0 aliphatic heterocycles. The third kappa shape index (κ3) is 3.12. The van der Waals surface area contributed by atoms with Gasteiger partial charge in [-0.3, -0.25) is 4.79 Å². The Balaban J connectivity index is 1.67. The molecule has 0 saturated heterocycles. The van der Waals surface area contributed by atoms with E-state index in [-0.39, 0.29) is 17.1 Å². The second kappa shape index (κ2) is 6.54. The monoisotopic (exact) mass is 328 g/mol. The van der Waals surface area contributed by atoms with Crippen molar-refractivity contribution >= 4 is 22.7 Å². The summed E-state index contributed by atoms with van der Waals surface area (Å²) in [6.07, 6.45) is 0. The van der Waals surface area contributed by atoms with E-state index in [9.17, 15) is 14.0 Å². The van der Waals surface area contributed by atoms with Crippen molar-refractivity contribution in [2.75, 3.05) is 13.7 Å². The number of para-hydroxylation sites is 1. The van der Waals surface area contributed by atoms with Gasteiger partial charge in [-0.1, -0.05) is 18.2 Å². The summed E-state index contributed by atoms with van der Waals surface area (Å²) < 4.78 is 28.7. The van der Waals surface area contributed by atoms with Crippen molar-refractivity contribution in [2.24, 2.45) is 0 Å². The molecular weight excluding hydrogens is 315 g/mol. The third-order valence-corrected chi connectivity index (χ3v) is 3.43. The summed E-state index contributed by atoms with van der Waals surface area (Å²) in [5.74, 6) is -1.91. The van der Waals surface area contributed by atoms with E-state index in [0.29, 0.717) is 5.58 Å². The number of furan rings is 1. The van der Waals surface area contributed by atoms with E-state index in [0.717, 1.165) is 11.5 Å². The molecule has 0 atom stereocenters. The normalized spacial score (nSPS) is 10.6. The van der Waals surface area contributed by atoms with Crippen molar-refractivity contribution in [3.8, 4) is 5.75 Å². The Hall–Kier alpha value is -3.15. The summed E-state index contributed by atoms with van der Waals surface area (Å²) in [4.78, 5) is 23.9. The van der Waals surface area contributed by atoms with Gasteiger partial charge in [0.1, 0.15) is 5.58 Å². The lowest BCUT2D eigenvalue weighted by Gasteiger charge is -2.05. The quantitative estimate of drug-likeness (QED) is 0.529. The molecule has 0 fully saturated rings. The van der Waals surface area contributed by atoms with E-state index in [4.69, 9.17) is 13.9 Å². The lowest BCUT2D eigenvalue weighted by molar-refractivity contribution is 0.0446. The first kappa shape index (κ1) is 15.7. The summed E-state index contributed by atoms with van der Waals surface area (Å²) in [5, 5.41) is 0.757. The molecule has 0 bridgehead atoms. The number of rotatable bonds is 5. The van der Waals surface area contributed by atoms with Crippen LogP contribution in [0.2, 0.25) is 0 Å². The fourth-order valence-corrected chi connectivity index (χ4v) is 2.21. The van der Waals surface area contributed by atoms with Crippen LogP contribution in [-0.2, 0) is 4.74 Å². The average Bonchev–Trinajstić information content (AvgIpc) is 3.03. The topological polar surface area (TPSA) is 65.7 Å². The molecule has 122 valence electrons. The molecule has 0 saturated carbocycles. The van der Waals surface area contributed by atoms with Gasteiger partial charge < -0.3 is 13.9 Å². The molecule has 24 heavy (non-hydrogen) atoms. The number of carbonyl (C=O) groups excluding carboxylic acids is 2. The highest BCUT2D eigenvalue weighted by molar-refractivity contribution is 5.99. The SMILES string of the molecule is COc1ccc(C(=O)COC(=O)c2cc3ccccc3o2)cc1F. The molecule has 5 nitrogen and oxygen atoms in total. The minimum absolute atomic E-state index is 0.00455. The van der Waals surface area contributed by atoms with Crippen molar-refractivity contribution in [3.63, 3.8) is 0 Å². The lowest BCUT2D eigenvalue weighted by atomic mass is 10.1. The average molecular weight is 328 g/mol. The van der Waals surface area contributed by atoms with Crippen LogP contribution >= 0.6 is 0 Å². The van der Waals surface area contributed by atoms with Crippen molar-refractivity contribution in [2.45, 2.75) is 0 Å². The molecule has 3 rings (SSSR count). The zero-order chi connectivity index (χ0) is 17.1. The molecular formula is C18H13FO5. The predicted octanol–water partition coefficient (Wildman–Crippen LogP) is 3.62. The van der Waals surface area contributed by atoms with Crippen molar-refractivity contribution < 1.29 is 27.9 Å². The molecule has 1 aromatic heterocycles. The van der Waals surface area contributed by atoms with Crippen LogP contribution in [-0.4, -0.2) is 25.5 Å². The van der Waals surface area contributed by atoms with E-state index in [1.165, 1.54) is 25.3 Å². The van der Waals surface area contributed by atoms with Crippen molar-refractivity contribution in [1.82, 2.24) is 0 Å². The second-order valence-electron chi connectivity index (χ2n) is 5.00. The van der Waals surface area contributed by atoms with Gasteiger partial charge in [0.15, 0.2) is 24.0 Å². The summed E-state index contributed by atoms with van der Waals surface area (Å²) in [7, 11) is 1.33. The van der Waals surface area contributed by atoms with Gasteiger partial charge in [-0.2, -0.15) is 0 Å². The number of ether oxygens (including phenoxy) is 2. The molecule has 0 N–H and O–H groups in total. The first-order valence-electron chi connectivity index (χ1n) is 7.11. The van der Waals surface area contributed by atoms with Crippen LogP contribution in [0.4, 0.5) is 4.39 Å². The van der Waals surface area contributed by atoms with E-state index < -0.39 is 24.2 Å². The maximum absolute atomic E-state index is 13.6. The van der Waals surface area contributed by atoms with Crippen LogP contribution in [0.3, 0.4) is 0 Å². The Bertz CT molecular complexity index is 880. The number of hydrogen-bond donors (Lipinski definition) is 0. The summed E-state index contributed by atoms with van der Waals surface area (Å²) in [6, 6.07) is 12.4. The number of fused-ring (bicyclic) bond motifs is 1. The number of carbonyl (C=O) groups is 2. The molecule has 0 aliphatic carbocycles. The van der Waals surface area contributed by atoms with E-state index in [1.54, 1.807) is 18.2 Å². The zero-order valence-electron chi connectivity index (χ0n) is 12.7. The minimum atomic E-state index is -0.756. The number of benzene rings is 2. The maximum Gasteiger partial charge on any atom is 0.374 e. The molecule has 1 heterocycles. The van der Waals surface area contributed by atoms with E-state index in [2.05, 4.69) is 0 Å². The van der Waals surface area contributed by atoms with Crippen LogP contribution in [0.15, 0.2) is 52.9 Å². The summed E-state index contributed by atoms with van der Waals surface area (Å²) >= 11 is 0. The van der Waals surface area contributed by atoms with Gasteiger partial charge in [0.05, 0.1) is 7.11 Å². The molecule has 0 radical (unpaired) electrons. The largest absolute Gasteiger partial charge is 0.494 e. The highest BCUT2D eigenvalue weighted by Crippen LogP contribution is 2.20. The molecule has 0 aliphatic rings. The molecule has 6 heteroatoms. The fourth-order valence-electron chi connectivity index (χ4n) is 2.21. The predicted molar refractivity (Wildman–Crippen MR) is 83.8 cm³/mol.